The summed E-state index contributed by atoms with van der Waals surface area (Å²) in [5.41, 5.74) is 0.458. The lowest BCUT2D eigenvalue weighted by Crippen LogP contribution is -2.39. The largest absolute Gasteiger partial charge is 0.267 e. The van der Waals surface area contributed by atoms with Crippen molar-refractivity contribution in [2.45, 2.75) is 63.1 Å². The molecule has 0 amide bonds. The molecule has 2 aliphatic carbocycles. The Kier molecular flexibility index (Phi) is 7.28. The van der Waals surface area contributed by atoms with E-state index in [1.54, 1.807) is 0 Å². The van der Waals surface area contributed by atoms with Crippen molar-refractivity contribution >= 4 is 28.6 Å². The molecule has 0 spiro atoms. The van der Waals surface area contributed by atoms with Gasteiger partial charge in [0.25, 0.3) is 10.1 Å². The van der Waals surface area contributed by atoms with E-state index in [1.807, 2.05) is 0 Å². The molecule has 3 nitrogen and oxygen atoms in total. The van der Waals surface area contributed by atoms with Gasteiger partial charge in [0.2, 0.25) is 0 Å². The van der Waals surface area contributed by atoms with E-state index in [9.17, 15) is 8.42 Å². The quantitative estimate of drug-likeness (QED) is 0.435. The number of benzene rings is 2. The maximum absolute atomic E-state index is 12.0. The minimum Gasteiger partial charge on any atom is -0.267 e. The van der Waals surface area contributed by atoms with Crippen molar-refractivity contribution in [3.05, 3.63) is 60.7 Å². The molecule has 0 unspecified atom stereocenters. The van der Waals surface area contributed by atoms with E-state index >= 15 is 0 Å². The predicted octanol–water partition coefficient (Wildman–Crippen LogP) is 5.21. The van der Waals surface area contributed by atoms with Crippen molar-refractivity contribution in [1.29, 1.82) is 0 Å². The van der Waals surface area contributed by atoms with E-state index in [0.717, 1.165) is 19.3 Å². The van der Waals surface area contributed by atoms with Crippen LogP contribution in [-0.2, 0) is 14.3 Å². The zero-order valence-electron chi connectivity index (χ0n) is 17.8. The molecule has 2 aromatic carbocycles. The van der Waals surface area contributed by atoms with Crippen LogP contribution in [0.15, 0.2) is 60.7 Å². The Morgan fingerprint density at radius 1 is 0.800 bits per heavy atom. The first-order chi connectivity index (χ1) is 14.5. The maximum atomic E-state index is 12.0. The first-order valence-electron chi connectivity index (χ1n) is 11.3. The van der Waals surface area contributed by atoms with Gasteiger partial charge in [0, 0.05) is 0 Å². The summed E-state index contributed by atoms with van der Waals surface area (Å²) in [6.45, 7) is 0. The molecule has 0 N–H and O–H groups in total. The Labute approximate surface area is 183 Å². The second kappa shape index (κ2) is 9.94. The van der Waals surface area contributed by atoms with Crippen LogP contribution >= 0.6 is 7.92 Å². The highest BCUT2D eigenvalue weighted by atomic mass is 32.2. The third-order valence-electron chi connectivity index (χ3n) is 6.74. The van der Waals surface area contributed by atoms with Crippen molar-refractivity contribution in [3.8, 4) is 0 Å². The molecule has 2 aromatic rings. The monoisotopic (exact) mass is 444 g/mol. The van der Waals surface area contributed by atoms with Crippen molar-refractivity contribution in [2.24, 2.45) is 11.8 Å². The maximum Gasteiger partial charge on any atom is 0.264 e. The molecule has 2 saturated carbocycles. The highest BCUT2D eigenvalue weighted by Crippen LogP contribution is 2.54. The van der Waals surface area contributed by atoms with Crippen LogP contribution in [0.4, 0.5) is 0 Å². The van der Waals surface area contributed by atoms with Crippen LogP contribution < -0.4 is 10.6 Å². The fraction of sp³-hybridized carbons (Fsp3) is 0.520. The fourth-order valence-corrected chi connectivity index (χ4v) is 9.69. The summed E-state index contributed by atoms with van der Waals surface area (Å²) in [4.78, 5) is 0. The number of hydrogen-bond acceptors (Lipinski definition) is 3. The second-order valence-electron chi connectivity index (χ2n) is 8.86. The van der Waals surface area contributed by atoms with Crippen LogP contribution in [0.25, 0.3) is 0 Å². The first kappa shape index (κ1) is 22.0. The Morgan fingerprint density at radius 3 is 1.90 bits per heavy atom. The number of rotatable bonds is 7. The Morgan fingerprint density at radius 2 is 1.37 bits per heavy atom. The topological polar surface area (TPSA) is 43.4 Å². The molecular formula is C25H33O3PS. The van der Waals surface area contributed by atoms with Gasteiger partial charge in [-0.05, 0) is 61.7 Å². The van der Waals surface area contributed by atoms with Crippen LogP contribution in [0, 0.1) is 11.8 Å². The first-order valence-corrected chi connectivity index (χ1v) is 14.5. The van der Waals surface area contributed by atoms with E-state index in [1.165, 1.54) is 49.0 Å². The van der Waals surface area contributed by atoms with Crippen molar-refractivity contribution in [2.75, 3.05) is 6.26 Å². The summed E-state index contributed by atoms with van der Waals surface area (Å²) in [5.74, 6) is 0.938. The van der Waals surface area contributed by atoms with E-state index in [2.05, 4.69) is 60.7 Å². The van der Waals surface area contributed by atoms with Gasteiger partial charge >= 0.3 is 0 Å². The van der Waals surface area contributed by atoms with Gasteiger partial charge in [-0.2, -0.15) is 8.42 Å². The standard InChI is InChI=1S/C25H33O3PS/c1-30(26,27)28-24-19-11-18-23(24)25(20-12-5-2-6-13-20)29(21-14-7-3-8-15-21)22-16-9-4-10-17-22/h3-4,7-10,14-17,20,23-25H,2,5-6,11-13,18-19H2,1H3/t23-,24+,25+/m1/s1. The normalized spacial score (nSPS) is 24.2. The molecule has 162 valence electrons. The zero-order valence-corrected chi connectivity index (χ0v) is 19.5. The van der Waals surface area contributed by atoms with Crippen LogP contribution in [0.1, 0.15) is 51.4 Å². The van der Waals surface area contributed by atoms with E-state index in [4.69, 9.17) is 4.18 Å². The second-order valence-corrected chi connectivity index (χ2v) is 12.8. The highest BCUT2D eigenvalue weighted by molar-refractivity contribution is 7.86. The van der Waals surface area contributed by atoms with Gasteiger partial charge in [-0.1, -0.05) is 86.3 Å². The van der Waals surface area contributed by atoms with E-state index < -0.39 is 18.0 Å². The van der Waals surface area contributed by atoms with Gasteiger partial charge in [-0.25, -0.2) is 0 Å². The zero-order chi connectivity index (χ0) is 21.0. The van der Waals surface area contributed by atoms with E-state index in [-0.39, 0.29) is 6.10 Å². The molecule has 3 atom stereocenters. The third kappa shape index (κ3) is 5.33. The molecule has 0 heterocycles. The van der Waals surface area contributed by atoms with Gasteiger partial charge in [-0.15, -0.1) is 0 Å². The van der Waals surface area contributed by atoms with Crippen LogP contribution in [0.2, 0.25) is 0 Å². The van der Waals surface area contributed by atoms with Crippen molar-refractivity contribution in [3.63, 3.8) is 0 Å². The lowest BCUT2D eigenvalue weighted by Gasteiger charge is -2.42. The lowest BCUT2D eigenvalue weighted by molar-refractivity contribution is 0.145. The summed E-state index contributed by atoms with van der Waals surface area (Å²) in [7, 11) is -4.04. The van der Waals surface area contributed by atoms with Gasteiger partial charge in [0.1, 0.15) is 0 Å². The summed E-state index contributed by atoms with van der Waals surface area (Å²) in [6.07, 6.45) is 10.4. The third-order valence-corrected chi connectivity index (χ3v) is 10.4. The van der Waals surface area contributed by atoms with Crippen LogP contribution in [0.5, 0.6) is 0 Å². The minimum atomic E-state index is -3.45. The Balaban J connectivity index is 1.78. The lowest BCUT2D eigenvalue weighted by atomic mass is 9.81. The highest BCUT2D eigenvalue weighted by Gasteiger charge is 2.44. The summed E-state index contributed by atoms with van der Waals surface area (Å²) < 4.78 is 29.7. The molecule has 5 heteroatoms. The average Bonchev–Trinajstić information content (AvgIpc) is 3.19. The Hall–Kier alpha value is -1.22. The molecule has 0 aliphatic heterocycles. The Bertz CT molecular complexity index is 855. The smallest absolute Gasteiger partial charge is 0.264 e. The van der Waals surface area contributed by atoms with Gasteiger partial charge < -0.3 is 0 Å². The predicted molar refractivity (Wildman–Crippen MR) is 126 cm³/mol. The fourth-order valence-electron chi connectivity index (χ4n) is 5.59. The molecule has 4 rings (SSSR count). The molecule has 0 radical (unpaired) electrons. The van der Waals surface area contributed by atoms with Gasteiger partial charge in [-0.3, -0.25) is 4.18 Å². The van der Waals surface area contributed by atoms with Crippen molar-refractivity contribution in [1.82, 2.24) is 0 Å². The van der Waals surface area contributed by atoms with Gasteiger partial charge in [0.15, 0.2) is 0 Å². The van der Waals surface area contributed by atoms with Crippen molar-refractivity contribution < 1.29 is 12.6 Å². The van der Waals surface area contributed by atoms with E-state index in [0.29, 0.717) is 17.5 Å². The number of hydrogen-bond donors (Lipinski definition) is 0. The molecule has 0 saturated heterocycles. The average molecular weight is 445 g/mol. The van der Waals surface area contributed by atoms with Crippen LogP contribution in [-0.4, -0.2) is 26.4 Å². The minimum absolute atomic E-state index is 0.177. The molecule has 0 aromatic heterocycles. The van der Waals surface area contributed by atoms with Gasteiger partial charge in [0.05, 0.1) is 12.4 Å². The molecule has 2 fully saturated rings. The molecule has 2 aliphatic rings. The molecular weight excluding hydrogens is 411 g/mol. The summed E-state index contributed by atoms with van der Waals surface area (Å²) in [6, 6.07) is 21.8. The summed E-state index contributed by atoms with van der Waals surface area (Å²) >= 11 is 0. The SMILES string of the molecule is CS(=O)(=O)O[C@H]1CCC[C@H]1[C@H](C1CCCCC1)P(c1ccccc1)c1ccccc1. The molecule has 0 bridgehead atoms. The van der Waals surface area contributed by atoms with Crippen LogP contribution in [0.3, 0.4) is 0 Å². The summed E-state index contributed by atoms with van der Waals surface area (Å²) in [5, 5.41) is 2.80. The molecule has 30 heavy (non-hydrogen) atoms.